The minimum Gasteiger partial charge on any atom is -0.495 e. The zero-order valence-corrected chi connectivity index (χ0v) is 22.4. The largest absolute Gasteiger partial charge is 0.495 e. The normalized spacial score (nSPS) is 13.4. The lowest BCUT2D eigenvalue weighted by atomic mass is 10.2. The van der Waals surface area contributed by atoms with Crippen molar-refractivity contribution in [2.75, 3.05) is 19.0 Å². The number of hydrogen-bond acceptors (Lipinski definition) is 5. The number of amides is 2. The number of aryl methyl sites for hydroxylation is 1. The van der Waals surface area contributed by atoms with Crippen LogP contribution < -0.4 is 10.1 Å². The summed E-state index contributed by atoms with van der Waals surface area (Å²) < 4.78 is 7.18. The van der Waals surface area contributed by atoms with Crippen LogP contribution in [0.4, 0.5) is 10.5 Å². The molecule has 1 saturated carbocycles. The van der Waals surface area contributed by atoms with Crippen LogP contribution in [0.3, 0.4) is 0 Å². The van der Waals surface area contributed by atoms with Crippen molar-refractivity contribution in [3.63, 3.8) is 0 Å². The van der Waals surface area contributed by atoms with Crippen LogP contribution in [0.2, 0.25) is 5.02 Å². The first-order valence-electron chi connectivity index (χ1n) is 12.9. The first-order chi connectivity index (χ1) is 18.5. The van der Waals surface area contributed by atoms with Crippen molar-refractivity contribution < 1.29 is 9.53 Å². The molecule has 0 bridgehead atoms. The van der Waals surface area contributed by atoms with E-state index in [0.29, 0.717) is 35.5 Å². The average molecular weight is 531 g/mol. The summed E-state index contributed by atoms with van der Waals surface area (Å²) in [6, 6.07) is 17.3. The zero-order chi connectivity index (χ0) is 26.5. The molecule has 0 saturated heterocycles. The summed E-state index contributed by atoms with van der Waals surface area (Å²) >= 11 is 6.45. The van der Waals surface area contributed by atoms with Crippen molar-refractivity contribution in [1.82, 2.24) is 24.6 Å². The molecule has 2 aromatic heterocycles. The Bertz CT molecular complexity index is 1400. The average Bonchev–Trinajstić information content (AvgIpc) is 3.60. The highest BCUT2D eigenvalue weighted by Crippen LogP contribution is 2.31. The number of hydrogen-bond donors (Lipinski definition) is 1. The fourth-order valence-electron chi connectivity index (χ4n) is 4.93. The minimum absolute atomic E-state index is 0.0917. The molecule has 5 rings (SSSR count). The van der Waals surface area contributed by atoms with Gasteiger partial charge < -0.3 is 15.0 Å². The number of aromatic nitrogens is 4. The van der Waals surface area contributed by atoms with Gasteiger partial charge in [0, 0.05) is 41.8 Å². The second-order valence-electron chi connectivity index (χ2n) is 9.50. The van der Waals surface area contributed by atoms with Gasteiger partial charge in [-0.15, -0.1) is 0 Å². The standard InChI is InChI=1S/C29H31ClN6O2/c1-20-6-5-7-23(18-20)32-29(37)35(24-8-3-4-9-24)16-17-36-28(22-10-11-26(38-2)25(30)19-22)33-27(34-36)21-12-14-31-15-13-21/h5-7,10-15,18-19,24H,3-4,8-9,16-17H2,1-2H3,(H,32,37). The first-order valence-corrected chi connectivity index (χ1v) is 13.2. The lowest BCUT2D eigenvalue weighted by Crippen LogP contribution is -2.43. The van der Waals surface area contributed by atoms with Gasteiger partial charge in [0.05, 0.1) is 18.7 Å². The molecular formula is C29H31ClN6O2. The molecule has 0 aliphatic heterocycles. The number of anilines is 1. The molecule has 1 aliphatic carbocycles. The molecule has 1 aliphatic rings. The van der Waals surface area contributed by atoms with Crippen molar-refractivity contribution in [3.8, 4) is 28.5 Å². The molecular weight excluding hydrogens is 500 g/mol. The summed E-state index contributed by atoms with van der Waals surface area (Å²) in [6.07, 6.45) is 7.70. The molecule has 1 fully saturated rings. The summed E-state index contributed by atoms with van der Waals surface area (Å²) in [5.41, 5.74) is 3.58. The molecule has 0 spiro atoms. The van der Waals surface area contributed by atoms with E-state index in [9.17, 15) is 4.79 Å². The van der Waals surface area contributed by atoms with Gasteiger partial charge in [-0.2, -0.15) is 5.10 Å². The zero-order valence-electron chi connectivity index (χ0n) is 21.6. The van der Waals surface area contributed by atoms with Gasteiger partial charge in [0.25, 0.3) is 0 Å². The van der Waals surface area contributed by atoms with Crippen molar-refractivity contribution >= 4 is 23.3 Å². The van der Waals surface area contributed by atoms with Crippen LogP contribution in [0, 0.1) is 6.92 Å². The van der Waals surface area contributed by atoms with Crippen LogP contribution in [-0.4, -0.2) is 50.4 Å². The summed E-state index contributed by atoms with van der Waals surface area (Å²) in [7, 11) is 1.59. The maximum atomic E-state index is 13.5. The monoisotopic (exact) mass is 530 g/mol. The number of nitrogens with zero attached hydrogens (tertiary/aromatic N) is 5. The molecule has 0 atom stereocenters. The molecule has 4 aromatic rings. The highest BCUT2D eigenvalue weighted by Gasteiger charge is 2.27. The lowest BCUT2D eigenvalue weighted by molar-refractivity contribution is 0.184. The minimum atomic E-state index is -0.0917. The van der Waals surface area contributed by atoms with Gasteiger partial charge in [-0.05, 0) is 67.8 Å². The van der Waals surface area contributed by atoms with Crippen LogP contribution in [0.1, 0.15) is 31.2 Å². The SMILES string of the molecule is COc1ccc(-c2nc(-c3ccncc3)nn2CCN(C(=O)Nc2cccc(C)c2)C2CCCC2)cc1Cl. The molecule has 0 radical (unpaired) electrons. The number of benzene rings is 2. The summed E-state index contributed by atoms with van der Waals surface area (Å²) in [5, 5.41) is 8.42. The Morgan fingerprint density at radius 1 is 1.11 bits per heavy atom. The van der Waals surface area contributed by atoms with Gasteiger partial charge in [-0.3, -0.25) is 4.98 Å². The number of carbonyl (C=O) groups is 1. The summed E-state index contributed by atoms with van der Waals surface area (Å²) in [4.78, 5) is 24.4. The Morgan fingerprint density at radius 2 is 1.89 bits per heavy atom. The van der Waals surface area contributed by atoms with Crippen molar-refractivity contribution in [1.29, 1.82) is 0 Å². The Balaban J connectivity index is 1.44. The van der Waals surface area contributed by atoms with Crippen molar-refractivity contribution in [2.24, 2.45) is 0 Å². The second kappa shape index (κ2) is 11.6. The van der Waals surface area contributed by atoms with Gasteiger partial charge in [-0.1, -0.05) is 36.6 Å². The van der Waals surface area contributed by atoms with E-state index in [0.717, 1.165) is 48.1 Å². The third-order valence-electron chi connectivity index (χ3n) is 6.87. The molecule has 196 valence electrons. The van der Waals surface area contributed by atoms with E-state index in [1.54, 1.807) is 19.5 Å². The van der Waals surface area contributed by atoms with E-state index in [1.165, 1.54) is 0 Å². The van der Waals surface area contributed by atoms with Crippen LogP contribution in [0.25, 0.3) is 22.8 Å². The maximum Gasteiger partial charge on any atom is 0.322 e. The number of pyridine rings is 1. The van der Waals surface area contributed by atoms with Crippen LogP contribution >= 0.6 is 11.6 Å². The Morgan fingerprint density at radius 3 is 2.61 bits per heavy atom. The van der Waals surface area contributed by atoms with E-state index >= 15 is 0 Å². The number of halogens is 1. The Kier molecular flexibility index (Phi) is 7.89. The number of rotatable bonds is 8. The van der Waals surface area contributed by atoms with E-state index in [1.807, 2.05) is 71.1 Å². The predicted molar refractivity (Wildman–Crippen MR) is 149 cm³/mol. The van der Waals surface area contributed by atoms with Crippen molar-refractivity contribution in [3.05, 3.63) is 77.6 Å². The number of nitrogens with one attached hydrogen (secondary N) is 1. The van der Waals surface area contributed by atoms with Gasteiger partial charge in [0.1, 0.15) is 5.75 Å². The Hall–Kier alpha value is -3.91. The fraction of sp³-hybridized carbons (Fsp3) is 0.310. The molecule has 8 nitrogen and oxygen atoms in total. The Labute approximate surface area is 227 Å². The highest BCUT2D eigenvalue weighted by molar-refractivity contribution is 6.32. The topological polar surface area (TPSA) is 85.2 Å². The molecule has 9 heteroatoms. The number of ether oxygens (including phenoxy) is 1. The highest BCUT2D eigenvalue weighted by atomic mass is 35.5. The predicted octanol–water partition coefficient (Wildman–Crippen LogP) is 6.45. The molecule has 2 heterocycles. The fourth-order valence-corrected chi connectivity index (χ4v) is 5.18. The third-order valence-corrected chi connectivity index (χ3v) is 7.16. The van der Waals surface area contributed by atoms with Crippen LogP contribution in [-0.2, 0) is 6.54 Å². The van der Waals surface area contributed by atoms with Gasteiger partial charge in [0.15, 0.2) is 11.6 Å². The second-order valence-corrected chi connectivity index (χ2v) is 9.91. The van der Waals surface area contributed by atoms with E-state index in [-0.39, 0.29) is 12.1 Å². The quantitative estimate of drug-likeness (QED) is 0.283. The summed E-state index contributed by atoms with van der Waals surface area (Å²) in [5.74, 6) is 1.86. The van der Waals surface area contributed by atoms with E-state index in [4.69, 9.17) is 26.4 Å². The molecule has 2 aromatic carbocycles. The maximum absolute atomic E-state index is 13.5. The van der Waals surface area contributed by atoms with E-state index in [2.05, 4.69) is 10.3 Å². The molecule has 1 N–H and O–H groups in total. The molecule has 0 unspecified atom stereocenters. The number of urea groups is 1. The van der Waals surface area contributed by atoms with Gasteiger partial charge in [0.2, 0.25) is 0 Å². The van der Waals surface area contributed by atoms with E-state index < -0.39 is 0 Å². The number of methoxy groups -OCH3 is 1. The summed E-state index contributed by atoms with van der Waals surface area (Å²) in [6.45, 7) is 3.00. The number of carbonyl (C=O) groups excluding carboxylic acids is 1. The molecule has 38 heavy (non-hydrogen) atoms. The van der Waals surface area contributed by atoms with Gasteiger partial charge in [-0.25, -0.2) is 14.5 Å². The molecule has 2 amide bonds. The van der Waals surface area contributed by atoms with Crippen molar-refractivity contribution in [2.45, 2.75) is 45.2 Å². The smallest absolute Gasteiger partial charge is 0.322 e. The first kappa shape index (κ1) is 25.7. The van der Waals surface area contributed by atoms with Gasteiger partial charge >= 0.3 is 6.03 Å². The van der Waals surface area contributed by atoms with Crippen LogP contribution in [0.5, 0.6) is 5.75 Å². The third kappa shape index (κ3) is 5.81. The van der Waals surface area contributed by atoms with Crippen LogP contribution in [0.15, 0.2) is 67.0 Å². The lowest BCUT2D eigenvalue weighted by Gasteiger charge is -2.29.